The molecule has 0 spiro atoms. The third kappa shape index (κ3) is 4.28. The Labute approximate surface area is 81.8 Å². The highest BCUT2D eigenvalue weighted by atomic mass is 19.4. The van der Waals surface area contributed by atoms with Crippen molar-refractivity contribution in [2.45, 2.75) is 44.5 Å². The molecular formula is C9H16F3NO. The monoisotopic (exact) mass is 211 g/mol. The van der Waals surface area contributed by atoms with Crippen LogP contribution in [0.15, 0.2) is 0 Å². The van der Waals surface area contributed by atoms with Crippen molar-refractivity contribution in [3.63, 3.8) is 0 Å². The minimum atomic E-state index is -4.05. The van der Waals surface area contributed by atoms with Crippen LogP contribution in [-0.4, -0.2) is 31.5 Å². The Morgan fingerprint density at radius 1 is 1.36 bits per heavy atom. The van der Waals surface area contributed by atoms with Crippen LogP contribution in [0.4, 0.5) is 13.2 Å². The second-order valence-corrected chi connectivity index (χ2v) is 3.56. The predicted octanol–water partition coefficient (Wildman–Crippen LogP) is 2.10. The molecule has 0 aromatic carbocycles. The summed E-state index contributed by atoms with van der Waals surface area (Å²) in [6.07, 6.45) is -2.86. The third-order valence-electron chi connectivity index (χ3n) is 2.34. The summed E-state index contributed by atoms with van der Waals surface area (Å²) in [6, 6.07) is 0.217. The quantitative estimate of drug-likeness (QED) is 0.751. The lowest BCUT2D eigenvalue weighted by Crippen LogP contribution is -2.46. The number of hydrogen-bond acceptors (Lipinski definition) is 2. The molecule has 0 aromatic rings. The molecule has 1 N–H and O–H groups in total. The highest BCUT2D eigenvalue weighted by Gasteiger charge is 2.31. The standard InChI is InChI=1S/C9H16F3NO/c1-2-14-8-5-7(6-8)13-4-3-9(10,11)12/h7-8,13H,2-6H2,1H3. The first-order chi connectivity index (χ1) is 6.51. The van der Waals surface area contributed by atoms with Gasteiger partial charge in [0.15, 0.2) is 0 Å². The van der Waals surface area contributed by atoms with Crippen LogP contribution in [0.3, 0.4) is 0 Å². The van der Waals surface area contributed by atoms with E-state index in [0.29, 0.717) is 6.61 Å². The molecule has 0 aromatic heterocycles. The molecule has 1 aliphatic rings. The van der Waals surface area contributed by atoms with Crippen molar-refractivity contribution in [3.8, 4) is 0 Å². The summed E-state index contributed by atoms with van der Waals surface area (Å²) >= 11 is 0. The zero-order chi connectivity index (χ0) is 10.6. The van der Waals surface area contributed by atoms with E-state index in [1.54, 1.807) is 0 Å². The molecule has 1 rings (SSSR count). The molecule has 0 amide bonds. The summed E-state index contributed by atoms with van der Waals surface area (Å²) in [6.45, 7) is 2.62. The van der Waals surface area contributed by atoms with Crippen molar-refractivity contribution in [1.29, 1.82) is 0 Å². The fourth-order valence-electron chi connectivity index (χ4n) is 1.52. The fraction of sp³-hybridized carbons (Fsp3) is 1.00. The van der Waals surface area contributed by atoms with Gasteiger partial charge in [-0.05, 0) is 19.8 Å². The normalized spacial score (nSPS) is 27.4. The molecular weight excluding hydrogens is 195 g/mol. The average Bonchev–Trinajstić information content (AvgIpc) is 1.97. The van der Waals surface area contributed by atoms with E-state index in [-0.39, 0.29) is 18.7 Å². The Morgan fingerprint density at radius 2 is 2.00 bits per heavy atom. The van der Waals surface area contributed by atoms with Gasteiger partial charge in [-0.1, -0.05) is 0 Å². The average molecular weight is 211 g/mol. The van der Waals surface area contributed by atoms with Gasteiger partial charge in [0.1, 0.15) is 0 Å². The molecule has 0 atom stereocenters. The van der Waals surface area contributed by atoms with Gasteiger partial charge >= 0.3 is 6.18 Å². The molecule has 14 heavy (non-hydrogen) atoms. The van der Waals surface area contributed by atoms with Crippen molar-refractivity contribution in [3.05, 3.63) is 0 Å². The van der Waals surface area contributed by atoms with Crippen LogP contribution < -0.4 is 5.32 Å². The molecule has 0 bridgehead atoms. The second-order valence-electron chi connectivity index (χ2n) is 3.56. The van der Waals surface area contributed by atoms with E-state index >= 15 is 0 Å². The minimum Gasteiger partial charge on any atom is -0.378 e. The number of hydrogen-bond donors (Lipinski definition) is 1. The summed E-state index contributed by atoms with van der Waals surface area (Å²) in [7, 11) is 0. The lowest BCUT2D eigenvalue weighted by molar-refractivity contribution is -0.134. The van der Waals surface area contributed by atoms with Crippen molar-refractivity contribution in [2.24, 2.45) is 0 Å². The smallest absolute Gasteiger partial charge is 0.378 e. The van der Waals surface area contributed by atoms with Gasteiger partial charge in [-0.25, -0.2) is 0 Å². The van der Waals surface area contributed by atoms with Crippen LogP contribution >= 0.6 is 0 Å². The van der Waals surface area contributed by atoms with Crippen LogP contribution in [0.5, 0.6) is 0 Å². The Morgan fingerprint density at radius 3 is 2.50 bits per heavy atom. The molecule has 2 nitrogen and oxygen atoms in total. The third-order valence-corrected chi connectivity index (χ3v) is 2.34. The van der Waals surface area contributed by atoms with Crippen LogP contribution in [0, 0.1) is 0 Å². The zero-order valence-corrected chi connectivity index (χ0v) is 8.23. The summed E-state index contributed by atoms with van der Waals surface area (Å²) < 4.78 is 40.6. The number of alkyl halides is 3. The molecule has 0 unspecified atom stereocenters. The van der Waals surface area contributed by atoms with Gasteiger partial charge < -0.3 is 10.1 Å². The van der Waals surface area contributed by atoms with E-state index in [1.165, 1.54) is 0 Å². The van der Waals surface area contributed by atoms with E-state index in [9.17, 15) is 13.2 Å². The number of ether oxygens (including phenoxy) is 1. The largest absolute Gasteiger partial charge is 0.390 e. The number of halogens is 3. The molecule has 0 heterocycles. The van der Waals surface area contributed by atoms with Crippen molar-refractivity contribution >= 4 is 0 Å². The van der Waals surface area contributed by atoms with E-state index in [0.717, 1.165) is 12.8 Å². The summed E-state index contributed by atoms with van der Waals surface area (Å²) in [5.41, 5.74) is 0. The Bertz CT molecular complexity index is 166. The lowest BCUT2D eigenvalue weighted by atomic mass is 9.89. The maximum atomic E-state index is 11.8. The van der Waals surface area contributed by atoms with Gasteiger partial charge in [-0.15, -0.1) is 0 Å². The van der Waals surface area contributed by atoms with Gasteiger partial charge in [-0.3, -0.25) is 0 Å². The molecule has 5 heteroatoms. The molecule has 0 aliphatic heterocycles. The minimum absolute atomic E-state index is 0.0208. The lowest BCUT2D eigenvalue weighted by Gasteiger charge is -2.35. The van der Waals surface area contributed by atoms with Gasteiger partial charge in [0.05, 0.1) is 12.5 Å². The topological polar surface area (TPSA) is 21.3 Å². The SMILES string of the molecule is CCOC1CC(NCCC(F)(F)F)C1. The molecule has 1 aliphatic carbocycles. The second kappa shape index (κ2) is 4.98. The first-order valence-corrected chi connectivity index (χ1v) is 4.93. The summed E-state index contributed by atoms with van der Waals surface area (Å²) in [5, 5.41) is 2.86. The van der Waals surface area contributed by atoms with Gasteiger partial charge in [0.25, 0.3) is 0 Å². The Hall–Kier alpha value is -0.290. The van der Waals surface area contributed by atoms with Crippen LogP contribution in [-0.2, 0) is 4.74 Å². The first kappa shape index (κ1) is 11.8. The van der Waals surface area contributed by atoms with Crippen molar-refractivity contribution < 1.29 is 17.9 Å². The Balaban J connectivity index is 1.96. The molecule has 0 saturated heterocycles. The van der Waals surface area contributed by atoms with Crippen molar-refractivity contribution in [1.82, 2.24) is 5.32 Å². The zero-order valence-electron chi connectivity index (χ0n) is 8.23. The fourth-order valence-corrected chi connectivity index (χ4v) is 1.52. The number of nitrogens with one attached hydrogen (secondary N) is 1. The van der Waals surface area contributed by atoms with E-state index in [4.69, 9.17) is 4.74 Å². The van der Waals surface area contributed by atoms with Crippen LogP contribution in [0.25, 0.3) is 0 Å². The van der Waals surface area contributed by atoms with E-state index in [2.05, 4.69) is 5.32 Å². The summed E-state index contributed by atoms with van der Waals surface area (Å²) in [4.78, 5) is 0. The van der Waals surface area contributed by atoms with Crippen molar-refractivity contribution in [2.75, 3.05) is 13.2 Å². The maximum absolute atomic E-state index is 11.8. The van der Waals surface area contributed by atoms with Crippen LogP contribution in [0.2, 0.25) is 0 Å². The summed E-state index contributed by atoms with van der Waals surface area (Å²) in [5.74, 6) is 0. The molecule has 0 radical (unpaired) electrons. The van der Waals surface area contributed by atoms with E-state index in [1.807, 2.05) is 6.92 Å². The molecule has 1 saturated carbocycles. The van der Waals surface area contributed by atoms with Gasteiger partial charge in [0, 0.05) is 19.2 Å². The highest BCUT2D eigenvalue weighted by Crippen LogP contribution is 2.24. The molecule has 84 valence electrons. The van der Waals surface area contributed by atoms with Gasteiger partial charge in [-0.2, -0.15) is 13.2 Å². The predicted molar refractivity (Wildman–Crippen MR) is 47.1 cm³/mol. The highest BCUT2D eigenvalue weighted by molar-refractivity contribution is 4.85. The Kier molecular flexibility index (Phi) is 4.19. The van der Waals surface area contributed by atoms with E-state index < -0.39 is 12.6 Å². The molecule has 1 fully saturated rings. The van der Waals surface area contributed by atoms with Gasteiger partial charge in [0.2, 0.25) is 0 Å². The van der Waals surface area contributed by atoms with Crippen LogP contribution in [0.1, 0.15) is 26.2 Å². The maximum Gasteiger partial charge on any atom is 0.390 e. The first-order valence-electron chi connectivity index (χ1n) is 4.93. The number of rotatable bonds is 5.